The highest BCUT2D eigenvalue weighted by Gasteiger charge is 2.16. The molecule has 2 unspecified atom stereocenters. The number of benzene rings is 2. The normalized spacial score (nSPS) is 13.9. The van der Waals surface area contributed by atoms with E-state index in [4.69, 9.17) is 23.1 Å². The number of guanidine groups is 1. The second-order valence-electron chi connectivity index (χ2n) is 6.82. The Morgan fingerprint density at radius 1 is 1.10 bits per heavy atom. The van der Waals surface area contributed by atoms with E-state index < -0.39 is 23.7 Å². The summed E-state index contributed by atoms with van der Waals surface area (Å²) in [5, 5.41) is 6.11. The zero-order valence-corrected chi connectivity index (χ0v) is 16.9. The van der Waals surface area contributed by atoms with Gasteiger partial charge in [-0.15, -0.1) is 0 Å². The maximum atomic E-state index is 13.4. The van der Waals surface area contributed by atoms with Gasteiger partial charge in [-0.25, -0.2) is 13.8 Å². The summed E-state index contributed by atoms with van der Waals surface area (Å²) in [6.07, 6.45) is -0.404. The Morgan fingerprint density at radius 3 is 2.34 bits per heavy atom. The van der Waals surface area contributed by atoms with Crippen LogP contribution in [0.25, 0.3) is 0 Å². The van der Waals surface area contributed by atoms with Crippen LogP contribution in [0.1, 0.15) is 42.2 Å². The van der Waals surface area contributed by atoms with E-state index in [0.717, 1.165) is 17.7 Å². The zero-order chi connectivity index (χ0) is 21.6. The van der Waals surface area contributed by atoms with Gasteiger partial charge in [0.1, 0.15) is 6.17 Å². The maximum Gasteiger partial charge on any atom is 0.258 e. The molecule has 0 heterocycles. The van der Waals surface area contributed by atoms with Gasteiger partial charge >= 0.3 is 0 Å². The predicted molar refractivity (Wildman–Crippen MR) is 111 cm³/mol. The molecule has 9 heteroatoms. The van der Waals surface area contributed by atoms with Gasteiger partial charge < -0.3 is 16.8 Å². The number of carbonyl (C=O) groups excluding carboxylic acids is 1. The average molecular weight is 424 g/mol. The lowest BCUT2D eigenvalue weighted by molar-refractivity contribution is 0.0975. The molecule has 0 fully saturated rings. The molecular weight excluding hydrogens is 400 g/mol. The molecule has 2 aromatic rings. The fourth-order valence-corrected chi connectivity index (χ4v) is 2.65. The van der Waals surface area contributed by atoms with Gasteiger partial charge in [-0.3, -0.25) is 10.1 Å². The number of amides is 1. The predicted octanol–water partition coefficient (Wildman–Crippen LogP) is 3.08. The van der Waals surface area contributed by atoms with Crippen molar-refractivity contribution in [1.29, 1.82) is 0 Å². The molecule has 0 saturated heterocycles. The number of nitrogens with two attached hydrogens (primary N) is 2. The lowest BCUT2D eigenvalue weighted by atomic mass is 10.0. The second-order valence-corrected chi connectivity index (χ2v) is 7.26. The molecule has 0 radical (unpaired) electrons. The molecule has 0 saturated carbocycles. The minimum Gasteiger partial charge on any atom is -0.354 e. The molecule has 6 nitrogen and oxygen atoms in total. The first kappa shape index (κ1) is 22.7. The second kappa shape index (κ2) is 10.3. The zero-order valence-electron chi connectivity index (χ0n) is 16.1. The van der Waals surface area contributed by atoms with Crippen molar-refractivity contribution in [1.82, 2.24) is 10.6 Å². The highest BCUT2D eigenvalue weighted by molar-refractivity contribution is 6.30. The third-order valence-corrected chi connectivity index (χ3v) is 4.18. The number of carbonyl (C=O) groups is 1. The van der Waals surface area contributed by atoms with E-state index in [1.54, 1.807) is 12.1 Å². The standard InChI is InChI=1S/C20H24ClF2N5O/c1-11(2)26-20(28-19(29)13-5-8-15(22)16(23)9-13)27-18(25)10-17(24)12-3-6-14(21)7-4-12/h3-9,11,17-18H,10,24-25H2,1-2H3,(H2,26,27,28,29). The van der Waals surface area contributed by atoms with Gasteiger partial charge in [0.15, 0.2) is 17.6 Å². The first-order chi connectivity index (χ1) is 13.7. The summed E-state index contributed by atoms with van der Waals surface area (Å²) >= 11 is 5.88. The molecule has 2 rings (SSSR count). The van der Waals surface area contributed by atoms with Gasteiger partial charge in [-0.05, 0) is 49.7 Å². The van der Waals surface area contributed by atoms with Crippen LogP contribution < -0.4 is 22.1 Å². The highest BCUT2D eigenvalue weighted by atomic mass is 35.5. The minimum absolute atomic E-state index is 0.0476. The topological polar surface area (TPSA) is 106 Å². The molecule has 29 heavy (non-hydrogen) atoms. The summed E-state index contributed by atoms with van der Waals surface area (Å²) in [5.74, 6) is -2.68. The van der Waals surface area contributed by atoms with E-state index in [1.807, 2.05) is 26.0 Å². The molecule has 2 aromatic carbocycles. The van der Waals surface area contributed by atoms with Crippen LogP contribution in [0.2, 0.25) is 5.02 Å². The molecule has 0 aliphatic carbocycles. The van der Waals surface area contributed by atoms with Crippen molar-refractivity contribution >= 4 is 23.5 Å². The largest absolute Gasteiger partial charge is 0.354 e. The lowest BCUT2D eigenvalue weighted by Gasteiger charge is -2.19. The molecule has 0 aromatic heterocycles. The molecule has 1 amide bonds. The van der Waals surface area contributed by atoms with Gasteiger partial charge in [-0.1, -0.05) is 23.7 Å². The first-order valence-corrected chi connectivity index (χ1v) is 9.41. The minimum atomic E-state index is -1.11. The summed E-state index contributed by atoms with van der Waals surface area (Å²) in [6.45, 7) is 3.70. The van der Waals surface area contributed by atoms with Crippen LogP contribution in [0.3, 0.4) is 0 Å². The summed E-state index contributed by atoms with van der Waals surface area (Å²) < 4.78 is 26.5. The Bertz CT molecular complexity index is 874. The maximum absolute atomic E-state index is 13.4. The van der Waals surface area contributed by atoms with E-state index in [0.29, 0.717) is 11.4 Å². The molecule has 0 bridgehead atoms. The molecule has 156 valence electrons. The van der Waals surface area contributed by atoms with Crippen molar-refractivity contribution in [3.8, 4) is 0 Å². The van der Waals surface area contributed by atoms with Crippen LogP contribution in [0, 0.1) is 11.6 Å². The molecular formula is C20H24ClF2N5O. The Hall–Kier alpha value is -2.55. The number of rotatable bonds is 6. The fraction of sp³-hybridized carbons (Fsp3) is 0.300. The summed E-state index contributed by atoms with van der Waals surface area (Å²) in [7, 11) is 0. The molecule has 0 aliphatic heterocycles. The SMILES string of the molecule is CC(C)NC(=NC(N)CC(N)c1ccc(Cl)cc1)NC(=O)c1ccc(F)c(F)c1. The van der Waals surface area contributed by atoms with E-state index >= 15 is 0 Å². The average Bonchev–Trinajstić information content (AvgIpc) is 2.63. The Labute approximate surface area is 173 Å². The van der Waals surface area contributed by atoms with Gasteiger partial charge in [0.05, 0.1) is 0 Å². The van der Waals surface area contributed by atoms with Gasteiger partial charge in [0, 0.05) is 29.1 Å². The highest BCUT2D eigenvalue weighted by Crippen LogP contribution is 2.18. The third-order valence-electron chi connectivity index (χ3n) is 3.93. The van der Waals surface area contributed by atoms with Gasteiger partial charge in [0.2, 0.25) is 0 Å². The summed E-state index contributed by atoms with van der Waals surface area (Å²) in [6, 6.07) is 9.52. The number of nitrogens with zero attached hydrogens (tertiary/aromatic N) is 1. The van der Waals surface area contributed by atoms with Crippen molar-refractivity contribution in [3.63, 3.8) is 0 Å². The van der Waals surface area contributed by atoms with E-state index in [9.17, 15) is 13.6 Å². The fourth-order valence-electron chi connectivity index (χ4n) is 2.52. The smallest absolute Gasteiger partial charge is 0.258 e. The van der Waals surface area contributed by atoms with Crippen LogP contribution in [0.15, 0.2) is 47.5 Å². The van der Waals surface area contributed by atoms with E-state index in [1.165, 1.54) is 6.07 Å². The monoisotopic (exact) mass is 423 g/mol. The Morgan fingerprint density at radius 2 is 1.76 bits per heavy atom. The Balaban J connectivity index is 2.10. The Kier molecular flexibility index (Phi) is 8.07. The van der Waals surface area contributed by atoms with Crippen molar-refractivity contribution in [2.24, 2.45) is 16.5 Å². The van der Waals surface area contributed by atoms with Crippen LogP contribution >= 0.6 is 11.6 Å². The van der Waals surface area contributed by atoms with Crippen LogP contribution in [-0.4, -0.2) is 24.1 Å². The van der Waals surface area contributed by atoms with Crippen molar-refractivity contribution in [3.05, 3.63) is 70.2 Å². The van der Waals surface area contributed by atoms with Crippen LogP contribution in [-0.2, 0) is 0 Å². The molecule has 6 N–H and O–H groups in total. The lowest BCUT2D eigenvalue weighted by Crippen LogP contribution is -2.45. The quantitative estimate of drug-likeness (QED) is 0.423. The molecule has 0 aliphatic rings. The molecule has 2 atom stereocenters. The van der Waals surface area contributed by atoms with Gasteiger partial charge in [0.25, 0.3) is 5.91 Å². The van der Waals surface area contributed by atoms with Crippen molar-refractivity contribution < 1.29 is 13.6 Å². The van der Waals surface area contributed by atoms with Crippen molar-refractivity contribution in [2.45, 2.75) is 38.5 Å². The number of hydrogen-bond acceptors (Lipinski definition) is 4. The summed E-state index contributed by atoms with van der Waals surface area (Å²) in [4.78, 5) is 16.6. The number of nitrogens with one attached hydrogen (secondary N) is 2. The molecule has 0 spiro atoms. The van der Waals surface area contributed by atoms with Crippen LogP contribution in [0.4, 0.5) is 8.78 Å². The number of halogens is 3. The van der Waals surface area contributed by atoms with Gasteiger partial charge in [-0.2, -0.15) is 0 Å². The van der Waals surface area contributed by atoms with E-state index in [2.05, 4.69) is 15.6 Å². The third kappa shape index (κ3) is 7.08. The van der Waals surface area contributed by atoms with Crippen LogP contribution in [0.5, 0.6) is 0 Å². The number of hydrogen-bond donors (Lipinski definition) is 4. The first-order valence-electron chi connectivity index (χ1n) is 9.03. The van der Waals surface area contributed by atoms with Crippen molar-refractivity contribution in [2.75, 3.05) is 0 Å². The number of aliphatic imine (C=N–C) groups is 1. The van der Waals surface area contributed by atoms with E-state index in [-0.39, 0.29) is 23.6 Å². The summed E-state index contributed by atoms with van der Waals surface area (Å²) in [5.41, 5.74) is 13.1.